The lowest BCUT2D eigenvalue weighted by atomic mass is 10.3. The number of hydrogen-bond donors (Lipinski definition) is 1. The van der Waals surface area contributed by atoms with Gasteiger partial charge >= 0.3 is 0 Å². The minimum absolute atomic E-state index is 0.563. The molecule has 0 aliphatic heterocycles. The number of hydrogen-bond acceptors (Lipinski definition) is 4. The fourth-order valence-corrected chi connectivity index (χ4v) is 1.98. The van der Waals surface area contributed by atoms with Crippen LogP contribution in [0.2, 0.25) is 0 Å². The van der Waals surface area contributed by atoms with Crippen LogP contribution in [-0.4, -0.2) is 17.0 Å². The molecule has 94 valence electrons. The third kappa shape index (κ3) is 3.32. The average molecular weight is 355 g/mol. The van der Waals surface area contributed by atoms with E-state index in [1.165, 1.54) is 0 Å². The highest BCUT2D eigenvalue weighted by molar-refractivity contribution is 14.1. The van der Waals surface area contributed by atoms with Crippen LogP contribution in [0.1, 0.15) is 12.7 Å². The number of aromatic nitrogens is 2. The lowest BCUT2D eigenvalue weighted by Gasteiger charge is -2.08. The van der Waals surface area contributed by atoms with Gasteiger partial charge < -0.3 is 10.1 Å². The van der Waals surface area contributed by atoms with Gasteiger partial charge in [0.1, 0.15) is 17.4 Å². The van der Waals surface area contributed by atoms with Crippen LogP contribution in [0, 0.1) is 3.57 Å². The van der Waals surface area contributed by atoms with Crippen LogP contribution in [0.5, 0.6) is 11.6 Å². The molecule has 0 atom stereocenters. The van der Waals surface area contributed by atoms with Crippen molar-refractivity contribution in [1.29, 1.82) is 0 Å². The maximum atomic E-state index is 5.75. The summed E-state index contributed by atoms with van der Waals surface area (Å²) >= 11 is 2.25. The van der Waals surface area contributed by atoms with Gasteiger partial charge in [0.25, 0.3) is 0 Å². The monoisotopic (exact) mass is 355 g/mol. The summed E-state index contributed by atoms with van der Waals surface area (Å²) < 4.78 is 6.88. The standard InChI is InChI=1S/C13H14IN3O/c1-3-11-16-12(15-2)8-13(17-11)18-10-6-4-5-9(14)7-10/h4-8H,3H2,1-2H3,(H,15,16,17). The summed E-state index contributed by atoms with van der Waals surface area (Å²) in [5.41, 5.74) is 0. The van der Waals surface area contributed by atoms with Crippen molar-refractivity contribution in [2.45, 2.75) is 13.3 Å². The van der Waals surface area contributed by atoms with Crippen molar-refractivity contribution in [3.8, 4) is 11.6 Å². The summed E-state index contributed by atoms with van der Waals surface area (Å²) in [5, 5.41) is 3.01. The molecule has 0 aliphatic carbocycles. The van der Waals surface area contributed by atoms with E-state index >= 15 is 0 Å². The van der Waals surface area contributed by atoms with E-state index in [1.54, 1.807) is 6.07 Å². The Kier molecular flexibility index (Phi) is 4.35. The number of nitrogens with zero attached hydrogens (tertiary/aromatic N) is 2. The number of halogens is 1. The van der Waals surface area contributed by atoms with Gasteiger partial charge in [-0.25, -0.2) is 4.98 Å². The number of aryl methyl sites for hydroxylation is 1. The van der Waals surface area contributed by atoms with Gasteiger partial charge in [-0.15, -0.1) is 0 Å². The van der Waals surface area contributed by atoms with Gasteiger partial charge in [-0.3, -0.25) is 0 Å². The van der Waals surface area contributed by atoms with Crippen molar-refractivity contribution in [2.24, 2.45) is 0 Å². The summed E-state index contributed by atoms with van der Waals surface area (Å²) in [7, 11) is 1.83. The van der Waals surface area contributed by atoms with E-state index in [0.29, 0.717) is 5.88 Å². The molecule has 5 heteroatoms. The molecule has 1 aromatic carbocycles. The number of benzene rings is 1. The topological polar surface area (TPSA) is 47.0 Å². The van der Waals surface area contributed by atoms with Crippen molar-refractivity contribution >= 4 is 28.4 Å². The maximum Gasteiger partial charge on any atom is 0.224 e. The summed E-state index contributed by atoms with van der Waals surface area (Å²) in [6.45, 7) is 2.02. The maximum absolute atomic E-state index is 5.75. The lowest BCUT2D eigenvalue weighted by Crippen LogP contribution is -2.01. The predicted octanol–water partition coefficient (Wildman–Crippen LogP) is 3.48. The van der Waals surface area contributed by atoms with Gasteiger partial charge in [-0.2, -0.15) is 4.98 Å². The Morgan fingerprint density at radius 1 is 1.28 bits per heavy atom. The van der Waals surface area contributed by atoms with Crippen LogP contribution in [0.15, 0.2) is 30.3 Å². The molecule has 0 amide bonds. The molecule has 2 rings (SSSR count). The normalized spacial score (nSPS) is 10.2. The number of ether oxygens (including phenoxy) is 1. The van der Waals surface area contributed by atoms with Crippen molar-refractivity contribution in [3.63, 3.8) is 0 Å². The van der Waals surface area contributed by atoms with Crippen LogP contribution < -0.4 is 10.1 Å². The third-order valence-corrected chi connectivity index (χ3v) is 3.01. The fraction of sp³-hybridized carbons (Fsp3) is 0.231. The molecule has 0 saturated heterocycles. The van der Waals surface area contributed by atoms with Gasteiger partial charge in [-0.05, 0) is 40.8 Å². The van der Waals surface area contributed by atoms with E-state index in [9.17, 15) is 0 Å². The Labute approximate surface area is 120 Å². The molecular weight excluding hydrogens is 341 g/mol. The first kappa shape index (κ1) is 13.1. The van der Waals surface area contributed by atoms with E-state index < -0.39 is 0 Å². The van der Waals surface area contributed by atoms with Gasteiger partial charge in [0, 0.05) is 23.1 Å². The lowest BCUT2D eigenvalue weighted by molar-refractivity contribution is 0.459. The van der Waals surface area contributed by atoms with Crippen molar-refractivity contribution < 1.29 is 4.74 Å². The van der Waals surface area contributed by atoms with Gasteiger partial charge in [0.05, 0.1) is 0 Å². The van der Waals surface area contributed by atoms with Crippen LogP contribution in [0.25, 0.3) is 0 Å². The Hall–Kier alpha value is -1.37. The van der Waals surface area contributed by atoms with Crippen LogP contribution in [0.4, 0.5) is 5.82 Å². The minimum Gasteiger partial charge on any atom is -0.439 e. The molecule has 1 N–H and O–H groups in total. The molecule has 2 aromatic rings. The molecule has 0 fully saturated rings. The average Bonchev–Trinajstić information content (AvgIpc) is 2.38. The van der Waals surface area contributed by atoms with Crippen molar-refractivity contribution in [2.75, 3.05) is 12.4 Å². The molecule has 0 saturated carbocycles. The molecule has 0 radical (unpaired) electrons. The van der Waals surface area contributed by atoms with E-state index in [0.717, 1.165) is 27.4 Å². The highest BCUT2D eigenvalue weighted by Gasteiger charge is 2.05. The Morgan fingerprint density at radius 3 is 2.78 bits per heavy atom. The summed E-state index contributed by atoms with van der Waals surface area (Å²) in [5.74, 6) is 2.88. The first-order valence-electron chi connectivity index (χ1n) is 5.70. The number of anilines is 1. The fourth-order valence-electron chi connectivity index (χ4n) is 1.46. The predicted molar refractivity (Wildman–Crippen MR) is 80.2 cm³/mol. The highest BCUT2D eigenvalue weighted by atomic mass is 127. The zero-order chi connectivity index (χ0) is 13.0. The SMILES string of the molecule is CCc1nc(NC)cc(Oc2cccc(I)c2)n1. The smallest absolute Gasteiger partial charge is 0.224 e. The number of rotatable bonds is 4. The zero-order valence-corrected chi connectivity index (χ0v) is 12.4. The van der Waals surface area contributed by atoms with Crippen molar-refractivity contribution in [3.05, 3.63) is 39.7 Å². The van der Waals surface area contributed by atoms with E-state index in [1.807, 2.05) is 38.2 Å². The second-order valence-corrected chi connectivity index (χ2v) is 4.92. The first-order chi connectivity index (χ1) is 8.71. The second kappa shape index (κ2) is 5.99. The Balaban J connectivity index is 2.28. The molecule has 0 aliphatic rings. The van der Waals surface area contributed by atoms with E-state index in [4.69, 9.17) is 4.74 Å². The molecule has 4 nitrogen and oxygen atoms in total. The first-order valence-corrected chi connectivity index (χ1v) is 6.78. The third-order valence-electron chi connectivity index (χ3n) is 2.34. The molecule has 0 unspecified atom stereocenters. The zero-order valence-electron chi connectivity index (χ0n) is 10.3. The molecular formula is C13H14IN3O. The Bertz CT molecular complexity index is 523. The number of nitrogens with one attached hydrogen (secondary N) is 1. The molecule has 1 aromatic heterocycles. The van der Waals surface area contributed by atoms with Gasteiger partial charge in [0.15, 0.2) is 0 Å². The second-order valence-electron chi connectivity index (χ2n) is 3.67. The van der Waals surface area contributed by atoms with Crippen LogP contribution in [0.3, 0.4) is 0 Å². The minimum atomic E-state index is 0.563. The quantitative estimate of drug-likeness (QED) is 0.854. The van der Waals surface area contributed by atoms with Crippen molar-refractivity contribution in [1.82, 2.24) is 9.97 Å². The van der Waals surface area contributed by atoms with Gasteiger partial charge in [0.2, 0.25) is 5.88 Å². The molecule has 1 heterocycles. The summed E-state index contributed by atoms with van der Waals surface area (Å²) in [6.07, 6.45) is 0.776. The largest absolute Gasteiger partial charge is 0.439 e. The van der Waals surface area contributed by atoms with Crippen LogP contribution >= 0.6 is 22.6 Å². The van der Waals surface area contributed by atoms with E-state index in [-0.39, 0.29) is 0 Å². The molecule has 18 heavy (non-hydrogen) atoms. The van der Waals surface area contributed by atoms with Crippen LogP contribution in [-0.2, 0) is 6.42 Å². The molecule has 0 spiro atoms. The van der Waals surface area contributed by atoms with Gasteiger partial charge in [-0.1, -0.05) is 13.0 Å². The summed E-state index contributed by atoms with van der Waals surface area (Å²) in [4.78, 5) is 8.67. The molecule has 0 bridgehead atoms. The highest BCUT2D eigenvalue weighted by Crippen LogP contribution is 2.23. The summed E-state index contributed by atoms with van der Waals surface area (Å²) in [6, 6.07) is 9.64. The van der Waals surface area contributed by atoms with E-state index in [2.05, 4.69) is 37.9 Å². The Morgan fingerprint density at radius 2 is 2.11 bits per heavy atom.